The number of morpholine rings is 1. The number of nitrogens with zero attached hydrogens (tertiary/aromatic N) is 2. The maximum absolute atomic E-state index is 12.0. The molecule has 1 amide bonds. The lowest BCUT2D eigenvalue weighted by molar-refractivity contribution is -0.0126. The molecule has 1 saturated heterocycles. The fourth-order valence-electron chi connectivity index (χ4n) is 1.67. The average molecular weight is 241 g/mol. The van der Waals surface area contributed by atoms with Crippen molar-refractivity contribution in [2.45, 2.75) is 19.6 Å². The zero-order valence-electron chi connectivity index (χ0n) is 9.18. The van der Waals surface area contributed by atoms with Gasteiger partial charge in [-0.1, -0.05) is 0 Å². The first-order valence-corrected chi connectivity index (χ1v) is 6.14. The summed E-state index contributed by atoms with van der Waals surface area (Å²) in [4.78, 5) is 18.0. The fraction of sp³-hybridized carbons (Fsp3) is 0.600. The van der Waals surface area contributed by atoms with Crippen LogP contribution < -0.4 is 5.73 Å². The molecule has 1 aromatic heterocycles. The molecule has 6 heteroatoms. The number of hydrogen-bond donors (Lipinski definition) is 1. The van der Waals surface area contributed by atoms with Crippen molar-refractivity contribution in [3.63, 3.8) is 0 Å². The third-order valence-electron chi connectivity index (χ3n) is 2.47. The van der Waals surface area contributed by atoms with Gasteiger partial charge in [-0.15, -0.1) is 11.3 Å². The molecule has 16 heavy (non-hydrogen) atoms. The van der Waals surface area contributed by atoms with Crippen LogP contribution in [0, 0.1) is 0 Å². The SMILES string of the molecule is CC1CN(C(=O)c2csc(CN)n2)CCO1. The van der Waals surface area contributed by atoms with Crippen LogP contribution in [0.2, 0.25) is 0 Å². The summed E-state index contributed by atoms with van der Waals surface area (Å²) in [7, 11) is 0. The lowest BCUT2D eigenvalue weighted by atomic mass is 10.3. The molecule has 2 rings (SSSR count). The van der Waals surface area contributed by atoms with Crippen molar-refractivity contribution in [2.24, 2.45) is 5.73 Å². The van der Waals surface area contributed by atoms with Crippen LogP contribution in [0.4, 0.5) is 0 Å². The summed E-state index contributed by atoms with van der Waals surface area (Å²) in [6.45, 7) is 4.22. The van der Waals surface area contributed by atoms with Gasteiger partial charge in [-0.2, -0.15) is 0 Å². The molecule has 5 nitrogen and oxygen atoms in total. The molecule has 0 aliphatic carbocycles. The molecule has 0 spiro atoms. The van der Waals surface area contributed by atoms with Gasteiger partial charge in [0.15, 0.2) is 0 Å². The van der Waals surface area contributed by atoms with E-state index in [4.69, 9.17) is 10.5 Å². The minimum atomic E-state index is -0.0221. The minimum Gasteiger partial charge on any atom is -0.375 e. The van der Waals surface area contributed by atoms with Crippen molar-refractivity contribution in [1.29, 1.82) is 0 Å². The Balaban J connectivity index is 2.06. The summed E-state index contributed by atoms with van der Waals surface area (Å²) in [5.74, 6) is -0.0221. The Hall–Kier alpha value is -0.980. The summed E-state index contributed by atoms with van der Waals surface area (Å²) >= 11 is 1.43. The van der Waals surface area contributed by atoms with Crippen LogP contribution in [0.15, 0.2) is 5.38 Å². The molecule has 1 aliphatic heterocycles. The van der Waals surface area contributed by atoms with Gasteiger partial charge in [-0.25, -0.2) is 4.98 Å². The molecular weight excluding hydrogens is 226 g/mol. The smallest absolute Gasteiger partial charge is 0.273 e. The molecule has 1 unspecified atom stereocenters. The minimum absolute atomic E-state index is 0.0221. The molecule has 88 valence electrons. The van der Waals surface area contributed by atoms with E-state index in [2.05, 4.69) is 4.98 Å². The summed E-state index contributed by atoms with van der Waals surface area (Å²) in [6.07, 6.45) is 0.102. The lowest BCUT2D eigenvalue weighted by Crippen LogP contribution is -2.44. The fourth-order valence-corrected chi connectivity index (χ4v) is 2.32. The number of aromatic nitrogens is 1. The monoisotopic (exact) mass is 241 g/mol. The molecule has 1 aliphatic rings. The standard InChI is InChI=1S/C10H15N3O2S/c1-7-5-13(2-3-15-7)10(14)8-6-16-9(4-11)12-8/h6-7H,2-5,11H2,1H3. The van der Waals surface area contributed by atoms with Crippen molar-refractivity contribution >= 4 is 17.2 Å². The topological polar surface area (TPSA) is 68.5 Å². The number of rotatable bonds is 2. The third kappa shape index (κ3) is 2.40. The first kappa shape index (κ1) is 11.5. The molecule has 2 heterocycles. The lowest BCUT2D eigenvalue weighted by Gasteiger charge is -2.30. The molecule has 0 radical (unpaired) electrons. The maximum Gasteiger partial charge on any atom is 0.273 e. The molecule has 1 atom stereocenters. The Morgan fingerprint density at radius 2 is 2.62 bits per heavy atom. The van der Waals surface area contributed by atoms with Crippen LogP contribution in [-0.4, -0.2) is 41.6 Å². The van der Waals surface area contributed by atoms with Crippen molar-refractivity contribution < 1.29 is 9.53 Å². The first-order chi connectivity index (χ1) is 7.70. The van der Waals surface area contributed by atoms with Gasteiger partial charge in [0.1, 0.15) is 10.7 Å². The largest absolute Gasteiger partial charge is 0.375 e. The van der Waals surface area contributed by atoms with E-state index >= 15 is 0 Å². The number of thiazole rings is 1. The van der Waals surface area contributed by atoms with E-state index in [-0.39, 0.29) is 12.0 Å². The van der Waals surface area contributed by atoms with Gasteiger partial charge in [-0.05, 0) is 6.92 Å². The van der Waals surface area contributed by atoms with Crippen molar-refractivity contribution in [1.82, 2.24) is 9.88 Å². The van der Waals surface area contributed by atoms with Crippen LogP contribution in [-0.2, 0) is 11.3 Å². The van der Waals surface area contributed by atoms with E-state index < -0.39 is 0 Å². The normalized spacial score (nSPS) is 21.1. The molecule has 1 aromatic rings. The highest BCUT2D eigenvalue weighted by Gasteiger charge is 2.23. The number of hydrogen-bond acceptors (Lipinski definition) is 5. The van der Waals surface area contributed by atoms with E-state index in [1.807, 2.05) is 6.92 Å². The van der Waals surface area contributed by atoms with Crippen LogP contribution in [0.25, 0.3) is 0 Å². The average Bonchev–Trinajstić information content (AvgIpc) is 2.76. The van der Waals surface area contributed by atoms with Crippen molar-refractivity contribution in [2.75, 3.05) is 19.7 Å². The van der Waals surface area contributed by atoms with Gasteiger partial charge in [0.05, 0.1) is 12.7 Å². The Morgan fingerprint density at radius 1 is 1.81 bits per heavy atom. The molecule has 0 aromatic carbocycles. The molecule has 2 N–H and O–H groups in total. The number of nitrogens with two attached hydrogens (primary N) is 1. The second kappa shape index (κ2) is 4.90. The van der Waals surface area contributed by atoms with E-state index in [9.17, 15) is 4.79 Å². The zero-order valence-corrected chi connectivity index (χ0v) is 10.00. The van der Waals surface area contributed by atoms with Gasteiger partial charge >= 0.3 is 0 Å². The van der Waals surface area contributed by atoms with Crippen LogP contribution in [0.5, 0.6) is 0 Å². The molecule has 0 bridgehead atoms. The van der Waals surface area contributed by atoms with E-state index in [1.54, 1.807) is 10.3 Å². The zero-order chi connectivity index (χ0) is 11.5. The van der Waals surface area contributed by atoms with E-state index in [1.165, 1.54) is 11.3 Å². The second-order valence-corrected chi connectivity index (χ2v) is 4.71. The molecule has 0 saturated carbocycles. The van der Waals surface area contributed by atoms with Crippen LogP contribution in [0.1, 0.15) is 22.4 Å². The summed E-state index contributed by atoms with van der Waals surface area (Å²) in [5.41, 5.74) is 5.97. The third-order valence-corrected chi connectivity index (χ3v) is 3.34. The number of carbonyl (C=O) groups is 1. The summed E-state index contributed by atoms with van der Waals surface area (Å²) in [5, 5.41) is 2.56. The van der Waals surface area contributed by atoms with Crippen molar-refractivity contribution in [3.8, 4) is 0 Å². The first-order valence-electron chi connectivity index (χ1n) is 5.26. The van der Waals surface area contributed by atoms with Crippen molar-refractivity contribution in [3.05, 3.63) is 16.1 Å². The van der Waals surface area contributed by atoms with Gasteiger partial charge in [0, 0.05) is 25.0 Å². The highest BCUT2D eigenvalue weighted by molar-refractivity contribution is 7.09. The van der Waals surface area contributed by atoms with Gasteiger partial charge in [0.25, 0.3) is 5.91 Å². The van der Waals surface area contributed by atoms with Crippen LogP contribution >= 0.6 is 11.3 Å². The Labute approximate surface area is 98.2 Å². The maximum atomic E-state index is 12.0. The number of amides is 1. The van der Waals surface area contributed by atoms with Crippen LogP contribution in [0.3, 0.4) is 0 Å². The van der Waals surface area contributed by atoms with Gasteiger partial charge in [0.2, 0.25) is 0 Å². The summed E-state index contributed by atoms with van der Waals surface area (Å²) < 4.78 is 5.39. The highest BCUT2D eigenvalue weighted by Crippen LogP contribution is 2.13. The Morgan fingerprint density at radius 3 is 3.25 bits per heavy atom. The van der Waals surface area contributed by atoms with Gasteiger partial charge < -0.3 is 15.4 Å². The van der Waals surface area contributed by atoms with E-state index in [0.29, 0.717) is 31.9 Å². The van der Waals surface area contributed by atoms with Gasteiger partial charge in [-0.3, -0.25) is 4.79 Å². The highest BCUT2D eigenvalue weighted by atomic mass is 32.1. The Kier molecular flexibility index (Phi) is 3.52. The number of carbonyl (C=O) groups excluding carboxylic acids is 1. The van der Waals surface area contributed by atoms with E-state index in [0.717, 1.165) is 5.01 Å². The summed E-state index contributed by atoms with van der Waals surface area (Å²) in [6, 6.07) is 0. The number of ether oxygens (including phenoxy) is 1. The predicted octanol–water partition coefficient (Wildman–Crippen LogP) is 0.463. The Bertz CT molecular complexity index is 380. The predicted molar refractivity (Wildman–Crippen MR) is 61.3 cm³/mol. The quantitative estimate of drug-likeness (QED) is 0.817. The molecular formula is C10H15N3O2S. The second-order valence-electron chi connectivity index (χ2n) is 3.76. The molecule has 1 fully saturated rings.